The zero-order valence-corrected chi connectivity index (χ0v) is 12.2. The van der Waals surface area contributed by atoms with Crippen molar-refractivity contribution in [2.45, 2.75) is 65.0 Å². The minimum atomic E-state index is -0.742. The summed E-state index contributed by atoms with van der Waals surface area (Å²) >= 11 is 0. The Kier molecular flexibility index (Phi) is 6.67. The summed E-state index contributed by atoms with van der Waals surface area (Å²) in [5, 5.41) is 5.58. The van der Waals surface area contributed by atoms with Gasteiger partial charge in [0.2, 0.25) is 0 Å². The van der Waals surface area contributed by atoms with Crippen molar-refractivity contribution in [2.75, 3.05) is 6.54 Å². The summed E-state index contributed by atoms with van der Waals surface area (Å²) in [6.07, 6.45) is 4.35. The fraction of sp³-hybridized carbons (Fsp3) is 0.857. The van der Waals surface area contributed by atoms with Crippen molar-refractivity contribution in [3.8, 4) is 0 Å². The maximum Gasteiger partial charge on any atom is 0.407 e. The van der Waals surface area contributed by atoms with Gasteiger partial charge in [-0.3, -0.25) is 4.79 Å². The second-order valence-electron chi connectivity index (χ2n) is 5.67. The normalized spacial score (nSPS) is 17.9. The predicted molar refractivity (Wildman–Crippen MR) is 73.8 cm³/mol. The van der Waals surface area contributed by atoms with Crippen LogP contribution in [0.2, 0.25) is 0 Å². The van der Waals surface area contributed by atoms with Gasteiger partial charge in [0.1, 0.15) is 0 Å². The Hall–Kier alpha value is -1.26. The van der Waals surface area contributed by atoms with Crippen molar-refractivity contribution < 1.29 is 14.3 Å². The van der Waals surface area contributed by atoms with E-state index in [2.05, 4.69) is 10.6 Å². The van der Waals surface area contributed by atoms with Crippen molar-refractivity contribution in [2.24, 2.45) is 5.92 Å². The first-order valence-corrected chi connectivity index (χ1v) is 7.24. The van der Waals surface area contributed by atoms with E-state index in [0.717, 1.165) is 25.7 Å². The third-order valence-corrected chi connectivity index (χ3v) is 3.26. The summed E-state index contributed by atoms with van der Waals surface area (Å²) in [4.78, 5) is 23.3. The molecule has 0 bridgehead atoms. The highest BCUT2D eigenvalue weighted by atomic mass is 16.6. The number of carbonyl (C=O) groups is 2. The van der Waals surface area contributed by atoms with Gasteiger partial charge < -0.3 is 15.4 Å². The molecule has 0 aliphatic heterocycles. The molecule has 0 heterocycles. The molecular weight excluding hydrogens is 244 g/mol. The van der Waals surface area contributed by atoms with Crippen molar-refractivity contribution >= 4 is 12.0 Å². The maximum absolute atomic E-state index is 11.9. The molecule has 1 saturated carbocycles. The van der Waals surface area contributed by atoms with E-state index in [1.54, 1.807) is 6.92 Å². The molecule has 2 N–H and O–H groups in total. The Morgan fingerprint density at radius 2 is 1.79 bits per heavy atom. The van der Waals surface area contributed by atoms with Crippen molar-refractivity contribution in [1.29, 1.82) is 0 Å². The first-order chi connectivity index (χ1) is 8.99. The van der Waals surface area contributed by atoms with Gasteiger partial charge in [0.25, 0.3) is 5.91 Å². The number of carbonyl (C=O) groups excluding carboxylic acids is 2. The van der Waals surface area contributed by atoms with E-state index in [1.165, 1.54) is 6.42 Å². The van der Waals surface area contributed by atoms with E-state index in [4.69, 9.17) is 4.74 Å². The highest BCUT2D eigenvalue weighted by molar-refractivity contribution is 5.83. The number of nitrogens with one attached hydrogen (secondary N) is 2. The lowest BCUT2D eigenvalue weighted by Gasteiger charge is -2.24. The number of hydrogen-bond acceptors (Lipinski definition) is 3. The smallest absolute Gasteiger partial charge is 0.407 e. The molecule has 0 saturated heterocycles. The number of amides is 2. The predicted octanol–water partition coefficient (Wildman–Crippen LogP) is 2.21. The van der Waals surface area contributed by atoms with E-state index >= 15 is 0 Å². The lowest BCUT2D eigenvalue weighted by Crippen LogP contribution is -2.44. The van der Waals surface area contributed by atoms with Crippen LogP contribution in [-0.4, -0.2) is 30.7 Å². The molecular formula is C14H26N2O3. The minimum Gasteiger partial charge on any atom is -0.436 e. The summed E-state index contributed by atoms with van der Waals surface area (Å²) in [7, 11) is 0. The molecule has 1 aliphatic rings. The molecule has 5 heteroatoms. The Morgan fingerprint density at radius 3 is 2.37 bits per heavy atom. The van der Waals surface area contributed by atoms with Crippen LogP contribution in [0.3, 0.4) is 0 Å². The number of rotatable bonds is 5. The van der Waals surface area contributed by atoms with Gasteiger partial charge in [-0.25, -0.2) is 4.79 Å². The second-order valence-corrected chi connectivity index (χ2v) is 5.67. The lowest BCUT2D eigenvalue weighted by atomic mass is 9.95. The molecule has 1 atom stereocenters. The molecule has 0 aromatic carbocycles. The molecule has 5 nitrogen and oxygen atoms in total. The molecule has 0 radical (unpaired) electrons. The van der Waals surface area contributed by atoms with Gasteiger partial charge in [-0.2, -0.15) is 0 Å². The van der Waals surface area contributed by atoms with Crippen LogP contribution in [0.1, 0.15) is 52.9 Å². The number of ether oxygens (including phenoxy) is 1. The van der Waals surface area contributed by atoms with Gasteiger partial charge in [0, 0.05) is 12.6 Å². The zero-order chi connectivity index (χ0) is 14.3. The van der Waals surface area contributed by atoms with Crippen LogP contribution >= 0.6 is 0 Å². The van der Waals surface area contributed by atoms with Crippen LogP contribution in [0.15, 0.2) is 0 Å². The van der Waals surface area contributed by atoms with Crippen LogP contribution in [0.4, 0.5) is 4.79 Å². The largest absolute Gasteiger partial charge is 0.436 e. The van der Waals surface area contributed by atoms with Crippen LogP contribution in [-0.2, 0) is 9.53 Å². The molecule has 1 aliphatic carbocycles. The third kappa shape index (κ3) is 6.45. The molecule has 1 fully saturated rings. The Bertz CT molecular complexity index is 299. The van der Waals surface area contributed by atoms with Crippen LogP contribution in [0, 0.1) is 5.92 Å². The quantitative estimate of drug-likeness (QED) is 0.805. The highest BCUT2D eigenvalue weighted by Gasteiger charge is 2.22. The fourth-order valence-electron chi connectivity index (χ4n) is 2.11. The average Bonchev–Trinajstić information content (AvgIpc) is 2.37. The standard InChI is InChI=1S/C14H26N2O3/c1-10(2)9-15-14(18)19-11(3)13(17)16-12-7-5-4-6-8-12/h10-12H,4-9H2,1-3H3,(H,15,18)(H,16,17)/t11-/m0/s1. The van der Waals surface area contributed by atoms with Gasteiger partial charge in [-0.05, 0) is 25.7 Å². The SMILES string of the molecule is CC(C)CNC(=O)O[C@@H](C)C(=O)NC1CCCCC1. The van der Waals surface area contributed by atoms with Gasteiger partial charge in [-0.1, -0.05) is 33.1 Å². The Balaban J connectivity index is 2.25. The summed E-state index contributed by atoms with van der Waals surface area (Å²) in [5.41, 5.74) is 0. The Labute approximate surface area is 115 Å². The second kappa shape index (κ2) is 8.02. The summed E-state index contributed by atoms with van der Waals surface area (Å²) < 4.78 is 5.04. The van der Waals surface area contributed by atoms with Crippen molar-refractivity contribution in [1.82, 2.24) is 10.6 Å². The van der Waals surface area contributed by atoms with Gasteiger partial charge in [0.15, 0.2) is 6.10 Å². The zero-order valence-electron chi connectivity index (χ0n) is 12.2. The summed E-state index contributed by atoms with van der Waals surface area (Å²) in [6.45, 7) is 6.15. The monoisotopic (exact) mass is 270 g/mol. The topological polar surface area (TPSA) is 67.4 Å². The number of hydrogen-bond donors (Lipinski definition) is 2. The molecule has 0 spiro atoms. The van der Waals surface area contributed by atoms with E-state index in [9.17, 15) is 9.59 Å². The molecule has 1 rings (SSSR count). The highest BCUT2D eigenvalue weighted by Crippen LogP contribution is 2.17. The molecule has 0 aromatic rings. The van der Waals surface area contributed by atoms with Gasteiger partial charge in [-0.15, -0.1) is 0 Å². The molecule has 0 unspecified atom stereocenters. The van der Waals surface area contributed by atoms with E-state index in [1.807, 2.05) is 13.8 Å². The molecule has 0 aromatic heterocycles. The maximum atomic E-state index is 11.9. The first kappa shape index (κ1) is 15.8. The fourth-order valence-corrected chi connectivity index (χ4v) is 2.11. The van der Waals surface area contributed by atoms with E-state index < -0.39 is 12.2 Å². The van der Waals surface area contributed by atoms with Gasteiger partial charge >= 0.3 is 6.09 Å². The Morgan fingerprint density at radius 1 is 1.16 bits per heavy atom. The third-order valence-electron chi connectivity index (χ3n) is 3.26. The number of alkyl carbamates (subject to hydrolysis) is 1. The summed E-state index contributed by atoms with van der Waals surface area (Å²) in [6, 6.07) is 0.242. The first-order valence-electron chi connectivity index (χ1n) is 7.24. The van der Waals surface area contributed by atoms with Crippen LogP contribution in [0.5, 0.6) is 0 Å². The average molecular weight is 270 g/mol. The van der Waals surface area contributed by atoms with E-state index in [0.29, 0.717) is 12.5 Å². The van der Waals surface area contributed by atoms with E-state index in [-0.39, 0.29) is 11.9 Å². The van der Waals surface area contributed by atoms with Crippen LogP contribution < -0.4 is 10.6 Å². The minimum absolute atomic E-state index is 0.202. The molecule has 19 heavy (non-hydrogen) atoms. The molecule has 110 valence electrons. The summed E-state index contributed by atoms with van der Waals surface area (Å²) in [5.74, 6) is 0.158. The van der Waals surface area contributed by atoms with Gasteiger partial charge in [0.05, 0.1) is 0 Å². The molecule has 2 amide bonds. The van der Waals surface area contributed by atoms with Crippen LogP contribution in [0.25, 0.3) is 0 Å². The lowest BCUT2D eigenvalue weighted by molar-refractivity contribution is -0.129. The van der Waals surface area contributed by atoms with Crippen molar-refractivity contribution in [3.63, 3.8) is 0 Å². The van der Waals surface area contributed by atoms with Crippen molar-refractivity contribution in [3.05, 3.63) is 0 Å².